The first-order valence-electron chi connectivity index (χ1n) is 6.10. The Kier molecular flexibility index (Phi) is 5.24. The summed E-state index contributed by atoms with van der Waals surface area (Å²) in [4.78, 5) is 0. The predicted molar refractivity (Wildman–Crippen MR) is 80.0 cm³/mol. The molecule has 2 aromatic carbocycles. The fraction of sp³-hybridized carbons (Fsp3) is 0.200. The van der Waals surface area contributed by atoms with Crippen LogP contribution in [0.3, 0.4) is 0 Å². The smallest absolute Gasteiger partial charge is 0.142 e. The van der Waals surface area contributed by atoms with Crippen molar-refractivity contribution in [2.75, 3.05) is 7.05 Å². The maximum absolute atomic E-state index is 12.8. The zero-order valence-corrected chi connectivity index (χ0v) is 12.4. The lowest BCUT2D eigenvalue weighted by Crippen LogP contribution is -2.08. The average Bonchev–Trinajstić information content (AvgIpc) is 2.40. The maximum atomic E-state index is 12.8. The highest BCUT2D eigenvalue weighted by atomic mass is 35.5. The number of hydrogen-bond acceptors (Lipinski definition) is 2. The second-order valence-corrected chi connectivity index (χ2v) is 5.16. The van der Waals surface area contributed by atoms with Crippen LogP contribution in [0, 0.1) is 5.82 Å². The molecule has 0 atom stereocenters. The summed E-state index contributed by atoms with van der Waals surface area (Å²) in [7, 11) is 1.83. The fourth-order valence-electron chi connectivity index (χ4n) is 1.83. The number of hydrogen-bond donors (Lipinski definition) is 1. The molecule has 0 heterocycles. The van der Waals surface area contributed by atoms with E-state index in [1.165, 1.54) is 12.1 Å². The third kappa shape index (κ3) is 3.85. The first-order chi connectivity index (χ1) is 9.60. The van der Waals surface area contributed by atoms with Crippen molar-refractivity contribution in [2.24, 2.45) is 0 Å². The highest BCUT2D eigenvalue weighted by Gasteiger charge is 2.10. The van der Waals surface area contributed by atoms with E-state index in [0.717, 1.165) is 11.1 Å². The van der Waals surface area contributed by atoms with E-state index in [1.54, 1.807) is 18.2 Å². The number of nitrogens with one attached hydrogen (secondary N) is 1. The molecular weight excluding hydrogens is 300 g/mol. The zero-order valence-electron chi connectivity index (χ0n) is 10.9. The molecule has 0 radical (unpaired) electrons. The van der Waals surface area contributed by atoms with Crippen LogP contribution in [0.2, 0.25) is 10.0 Å². The highest BCUT2D eigenvalue weighted by molar-refractivity contribution is 6.35. The molecule has 0 aromatic heterocycles. The van der Waals surface area contributed by atoms with Crippen molar-refractivity contribution in [1.82, 2.24) is 5.32 Å². The highest BCUT2D eigenvalue weighted by Crippen LogP contribution is 2.33. The molecule has 0 spiro atoms. The van der Waals surface area contributed by atoms with E-state index >= 15 is 0 Å². The monoisotopic (exact) mass is 313 g/mol. The van der Waals surface area contributed by atoms with E-state index in [0.29, 0.717) is 28.9 Å². The third-order valence-electron chi connectivity index (χ3n) is 2.75. The molecule has 0 aliphatic rings. The number of rotatable bonds is 5. The molecule has 5 heteroatoms. The van der Waals surface area contributed by atoms with Gasteiger partial charge in [0.25, 0.3) is 0 Å². The average molecular weight is 314 g/mol. The summed E-state index contributed by atoms with van der Waals surface area (Å²) in [6, 6.07) is 9.60. The first kappa shape index (κ1) is 15.1. The van der Waals surface area contributed by atoms with Gasteiger partial charge in [-0.05, 0) is 36.9 Å². The van der Waals surface area contributed by atoms with Gasteiger partial charge in [0.2, 0.25) is 0 Å². The largest absolute Gasteiger partial charge is 0.487 e. The van der Waals surface area contributed by atoms with E-state index in [9.17, 15) is 4.39 Å². The molecule has 1 N–H and O–H groups in total. The van der Waals surface area contributed by atoms with E-state index in [4.69, 9.17) is 27.9 Å². The van der Waals surface area contributed by atoms with Crippen LogP contribution >= 0.6 is 23.2 Å². The number of ether oxygens (including phenoxy) is 1. The minimum Gasteiger partial charge on any atom is -0.487 e. The van der Waals surface area contributed by atoms with Crippen molar-refractivity contribution in [3.63, 3.8) is 0 Å². The Morgan fingerprint density at radius 3 is 2.50 bits per heavy atom. The third-order valence-corrected chi connectivity index (χ3v) is 3.25. The molecule has 0 unspecified atom stereocenters. The van der Waals surface area contributed by atoms with Gasteiger partial charge in [-0.15, -0.1) is 0 Å². The van der Waals surface area contributed by atoms with E-state index < -0.39 is 0 Å². The molecule has 0 saturated carbocycles. The number of halogens is 3. The molecule has 0 aliphatic carbocycles. The summed E-state index contributed by atoms with van der Waals surface area (Å²) in [5.74, 6) is 0.323. The molecule has 0 bridgehead atoms. The van der Waals surface area contributed by atoms with Gasteiger partial charge in [0.15, 0.2) is 0 Å². The van der Waals surface area contributed by atoms with Gasteiger partial charge in [-0.25, -0.2) is 4.39 Å². The minimum absolute atomic E-state index is 0.269. The Balaban J connectivity index is 2.17. The SMILES string of the molecule is CNCc1cc(Cl)cc(Cl)c1OCc1ccc(F)cc1. The summed E-state index contributed by atoms with van der Waals surface area (Å²) in [5, 5.41) is 4.06. The lowest BCUT2D eigenvalue weighted by Gasteiger charge is -2.14. The van der Waals surface area contributed by atoms with E-state index in [2.05, 4.69) is 5.32 Å². The quantitative estimate of drug-likeness (QED) is 0.881. The standard InChI is InChI=1S/C15H14Cl2FNO/c1-19-8-11-6-12(16)7-14(17)15(11)20-9-10-2-4-13(18)5-3-10/h2-7,19H,8-9H2,1H3. The summed E-state index contributed by atoms with van der Waals surface area (Å²) in [5.41, 5.74) is 1.75. The van der Waals surface area contributed by atoms with Gasteiger partial charge in [-0.2, -0.15) is 0 Å². The summed E-state index contributed by atoms with van der Waals surface area (Å²) >= 11 is 12.1. The van der Waals surface area contributed by atoms with Gasteiger partial charge in [0, 0.05) is 17.1 Å². The van der Waals surface area contributed by atoms with E-state index in [-0.39, 0.29) is 5.82 Å². The minimum atomic E-state index is -0.269. The van der Waals surface area contributed by atoms with Gasteiger partial charge in [0.05, 0.1) is 5.02 Å². The maximum Gasteiger partial charge on any atom is 0.142 e. The molecule has 0 fully saturated rings. The van der Waals surface area contributed by atoms with Crippen molar-refractivity contribution in [2.45, 2.75) is 13.2 Å². The molecule has 2 aromatic rings. The molecule has 0 saturated heterocycles. The molecular formula is C15H14Cl2FNO. The molecule has 20 heavy (non-hydrogen) atoms. The van der Waals surface area contributed by atoms with Crippen molar-refractivity contribution >= 4 is 23.2 Å². The van der Waals surface area contributed by atoms with Crippen molar-refractivity contribution in [3.05, 3.63) is 63.4 Å². The molecule has 0 amide bonds. The Hall–Kier alpha value is -1.29. The van der Waals surface area contributed by atoms with E-state index in [1.807, 2.05) is 13.1 Å². The predicted octanol–water partition coefficient (Wildman–Crippen LogP) is 4.43. The van der Waals surface area contributed by atoms with Crippen LogP contribution < -0.4 is 10.1 Å². The molecule has 0 aliphatic heterocycles. The molecule has 2 nitrogen and oxygen atoms in total. The van der Waals surface area contributed by atoms with Crippen molar-refractivity contribution in [1.29, 1.82) is 0 Å². The Labute approximate surface area is 127 Å². The van der Waals surface area contributed by atoms with Crippen LogP contribution in [-0.4, -0.2) is 7.05 Å². The van der Waals surface area contributed by atoms with Crippen LogP contribution in [0.4, 0.5) is 4.39 Å². The first-order valence-corrected chi connectivity index (χ1v) is 6.85. The van der Waals surface area contributed by atoms with Crippen LogP contribution in [0.1, 0.15) is 11.1 Å². The van der Waals surface area contributed by atoms with Crippen LogP contribution in [-0.2, 0) is 13.2 Å². The summed E-state index contributed by atoms with van der Waals surface area (Å²) in [6.45, 7) is 0.914. The fourth-order valence-corrected chi connectivity index (χ4v) is 2.42. The Bertz CT molecular complexity index is 587. The van der Waals surface area contributed by atoms with Crippen LogP contribution in [0.5, 0.6) is 5.75 Å². The molecule has 106 valence electrons. The molecule has 2 rings (SSSR count). The lowest BCUT2D eigenvalue weighted by atomic mass is 10.2. The Morgan fingerprint density at radius 2 is 1.85 bits per heavy atom. The van der Waals surface area contributed by atoms with Gasteiger partial charge in [-0.1, -0.05) is 35.3 Å². The van der Waals surface area contributed by atoms with Gasteiger partial charge in [0.1, 0.15) is 18.2 Å². The second kappa shape index (κ2) is 6.93. The van der Waals surface area contributed by atoms with Gasteiger partial charge in [-0.3, -0.25) is 0 Å². The zero-order chi connectivity index (χ0) is 14.5. The lowest BCUT2D eigenvalue weighted by molar-refractivity contribution is 0.302. The number of benzene rings is 2. The summed E-state index contributed by atoms with van der Waals surface area (Å²) in [6.07, 6.45) is 0. The summed E-state index contributed by atoms with van der Waals surface area (Å²) < 4.78 is 18.6. The van der Waals surface area contributed by atoms with Gasteiger partial charge < -0.3 is 10.1 Å². The van der Waals surface area contributed by atoms with Crippen molar-refractivity contribution < 1.29 is 9.13 Å². The second-order valence-electron chi connectivity index (χ2n) is 4.32. The van der Waals surface area contributed by atoms with Crippen LogP contribution in [0.25, 0.3) is 0 Å². The van der Waals surface area contributed by atoms with Gasteiger partial charge >= 0.3 is 0 Å². The van der Waals surface area contributed by atoms with Crippen molar-refractivity contribution in [3.8, 4) is 5.75 Å². The normalized spacial score (nSPS) is 10.6. The van der Waals surface area contributed by atoms with Crippen LogP contribution in [0.15, 0.2) is 36.4 Å². The Morgan fingerprint density at radius 1 is 1.15 bits per heavy atom. The topological polar surface area (TPSA) is 21.3 Å².